The van der Waals surface area contributed by atoms with Crippen molar-refractivity contribution >= 4 is 35.0 Å². The van der Waals surface area contributed by atoms with Crippen LogP contribution in [-0.4, -0.2) is 31.2 Å². The van der Waals surface area contributed by atoms with Crippen molar-refractivity contribution in [1.82, 2.24) is 19.6 Å². The standard InChI is InChI=1S/C18H22N6OS/c1-4-5-13-9-15-22-23-18(24(15)17(19)21-13)26-10-16(25)20-14-7-11(2)6-12(3)8-14/h6-9H,4-5,10H2,1-3H3,(H2,19,21)(H,20,25). The van der Waals surface area contributed by atoms with Crippen LogP contribution >= 0.6 is 11.8 Å². The van der Waals surface area contributed by atoms with Gasteiger partial charge in [0.05, 0.1) is 5.75 Å². The Hall–Kier alpha value is -2.61. The number of hydrogen-bond acceptors (Lipinski definition) is 6. The molecule has 2 aromatic heterocycles. The molecule has 0 aliphatic carbocycles. The van der Waals surface area contributed by atoms with Gasteiger partial charge in [0.2, 0.25) is 11.9 Å². The molecule has 0 radical (unpaired) electrons. The first-order chi connectivity index (χ1) is 12.5. The summed E-state index contributed by atoms with van der Waals surface area (Å²) in [6.45, 7) is 6.09. The summed E-state index contributed by atoms with van der Waals surface area (Å²) in [6, 6.07) is 7.83. The molecule has 0 aliphatic rings. The molecule has 136 valence electrons. The highest BCUT2D eigenvalue weighted by molar-refractivity contribution is 7.99. The molecule has 2 heterocycles. The summed E-state index contributed by atoms with van der Waals surface area (Å²) in [5.74, 6) is 0.447. The van der Waals surface area contributed by atoms with E-state index >= 15 is 0 Å². The van der Waals surface area contributed by atoms with Gasteiger partial charge >= 0.3 is 0 Å². The fraction of sp³-hybridized carbons (Fsp3) is 0.333. The molecule has 1 amide bonds. The second-order valence-electron chi connectivity index (χ2n) is 6.25. The molecule has 0 aliphatic heterocycles. The summed E-state index contributed by atoms with van der Waals surface area (Å²) >= 11 is 1.28. The second kappa shape index (κ2) is 7.74. The Morgan fingerprint density at radius 3 is 2.62 bits per heavy atom. The molecule has 0 atom stereocenters. The number of aryl methyl sites for hydroxylation is 3. The Kier molecular flexibility index (Phi) is 5.41. The molecular weight excluding hydrogens is 348 g/mol. The van der Waals surface area contributed by atoms with Crippen molar-refractivity contribution in [2.75, 3.05) is 16.8 Å². The molecule has 3 rings (SSSR count). The van der Waals surface area contributed by atoms with Gasteiger partial charge in [-0.25, -0.2) is 9.38 Å². The summed E-state index contributed by atoms with van der Waals surface area (Å²) in [6.07, 6.45) is 1.82. The van der Waals surface area contributed by atoms with Crippen LogP contribution in [0.4, 0.5) is 11.6 Å². The number of hydrogen-bond donors (Lipinski definition) is 2. The van der Waals surface area contributed by atoms with Gasteiger partial charge in [0, 0.05) is 17.4 Å². The summed E-state index contributed by atoms with van der Waals surface area (Å²) in [4.78, 5) is 16.6. The van der Waals surface area contributed by atoms with Crippen molar-refractivity contribution in [3.05, 3.63) is 41.1 Å². The number of thioether (sulfide) groups is 1. The van der Waals surface area contributed by atoms with Crippen LogP contribution in [0.25, 0.3) is 5.65 Å². The highest BCUT2D eigenvalue weighted by atomic mass is 32.2. The van der Waals surface area contributed by atoms with E-state index in [0.29, 0.717) is 16.8 Å². The summed E-state index contributed by atoms with van der Waals surface area (Å²) in [7, 11) is 0. The number of nitrogens with zero attached hydrogens (tertiary/aromatic N) is 4. The quantitative estimate of drug-likeness (QED) is 0.647. The summed E-state index contributed by atoms with van der Waals surface area (Å²) < 4.78 is 1.67. The number of benzene rings is 1. The Balaban J connectivity index is 1.70. The van der Waals surface area contributed by atoms with Crippen molar-refractivity contribution in [2.45, 2.75) is 38.8 Å². The SMILES string of the molecule is CCCc1cc2nnc(SCC(=O)Nc3cc(C)cc(C)c3)n2c(N)n1. The van der Waals surface area contributed by atoms with Gasteiger partial charge in [-0.05, 0) is 43.5 Å². The smallest absolute Gasteiger partial charge is 0.234 e. The van der Waals surface area contributed by atoms with Gasteiger partial charge in [-0.2, -0.15) is 0 Å². The number of nitrogen functional groups attached to an aromatic ring is 1. The molecule has 8 heteroatoms. The molecule has 0 saturated carbocycles. The van der Waals surface area contributed by atoms with E-state index in [0.717, 1.165) is 35.3 Å². The molecule has 0 bridgehead atoms. The molecule has 1 aromatic carbocycles. The Bertz CT molecular complexity index is 932. The first kappa shape index (κ1) is 18.2. The first-order valence-electron chi connectivity index (χ1n) is 8.47. The lowest BCUT2D eigenvalue weighted by Crippen LogP contribution is -2.14. The highest BCUT2D eigenvalue weighted by Gasteiger charge is 2.13. The number of anilines is 2. The Morgan fingerprint density at radius 2 is 1.92 bits per heavy atom. The number of carbonyl (C=O) groups excluding carboxylic acids is 1. The van der Waals surface area contributed by atoms with Crippen LogP contribution in [0, 0.1) is 13.8 Å². The minimum atomic E-state index is -0.106. The van der Waals surface area contributed by atoms with E-state index in [1.54, 1.807) is 4.40 Å². The monoisotopic (exact) mass is 370 g/mol. The van der Waals surface area contributed by atoms with Crippen LogP contribution < -0.4 is 11.1 Å². The normalized spacial score (nSPS) is 11.0. The number of carbonyl (C=O) groups is 1. The van der Waals surface area contributed by atoms with Crippen molar-refractivity contribution in [2.24, 2.45) is 0 Å². The predicted molar refractivity (Wildman–Crippen MR) is 104 cm³/mol. The minimum Gasteiger partial charge on any atom is -0.369 e. The highest BCUT2D eigenvalue weighted by Crippen LogP contribution is 2.21. The van der Waals surface area contributed by atoms with Gasteiger partial charge in [-0.3, -0.25) is 4.79 Å². The number of amides is 1. The van der Waals surface area contributed by atoms with Crippen molar-refractivity contribution in [3.8, 4) is 0 Å². The molecule has 7 nitrogen and oxygen atoms in total. The van der Waals surface area contributed by atoms with E-state index in [2.05, 4.69) is 33.5 Å². The maximum Gasteiger partial charge on any atom is 0.234 e. The lowest BCUT2D eigenvalue weighted by molar-refractivity contribution is -0.113. The lowest BCUT2D eigenvalue weighted by atomic mass is 10.1. The molecule has 3 aromatic rings. The van der Waals surface area contributed by atoms with E-state index < -0.39 is 0 Å². The Labute approximate surface area is 156 Å². The second-order valence-corrected chi connectivity index (χ2v) is 7.19. The molecule has 0 fully saturated rings. The number of nitrogens with two attached hydrogens (primary N) is 1. The van der Waals surface area contributed by atoms with E-state index in [-0.39, 0.29) is 11.7 Å². The third-order valence-electron chi connectivity index (χ3n) is 3.79. The summed E-state index contributed by atoms with van der Waals surface area (Å²) in [5, 5.41) is 11.8. The number of nitrogens with one attached hydrogen (secondary N) is 1. The van der Waals surface area contributed by atoms with Crippen molar-refractivity contribution in [3.63, 3.8) is 0 Å². The third-order valence-corrected chi connectivity index (χ3v) is 4.71. The number of rotatable bonds is 6. The van der Waals surface area contributed by atoms with E-state index in [1.807, 2.05) is 32.0 Å². The molecule has 26 heavy (non-hydrogen) atoms. The Morgan fingerprint density at radius 1 is 1.19 bits per heavy atom. The minimum absolute atomic E-state index is 0.106. The number of fused-ring (bicyclic) bond motifs is 1. The van der Waals surface area contributed by atoms with Gasteiger partial charge in [-0.1, -0.05) is 31.2 Å². The summed E-state index contributed by atoms with van der Waals surface area (Å²) in [5.41, 5.74) is 10.6. The lowest BCUT2D eigenvalue weighted by Gasteiger charge is -2.08. The zero-order valence-corrected chi connectivity index (χ0v) is 15.9. The first-order valence-corrected chi connectivity index (χ1v) is 9.46. The van der Waals surface area contributed by atoms with Crippen LogP contribution in [0.1, 0.15) is 30.2 Å². The van der Waals surface area contributed by atoms with Crippen LogP contribution in [-0.2, 0) is 11.2 Å². The van der Waals surface area contributed by atoms with Crippen molar-refractivity contribution < 1.29 is 4.79 Å². The van der Waals surface area contributed by atoms with Crippen LogP contribution in [0.2, 0.25) is 0 Å². The molecule has 0 saturated heterocycles. The zero-order valence-electron chi connectivity index (χ0n) is 15.1. The van der Waals surface area contributed by atoms with Crippen LogP contribution in [0.15, 0.2) is 29.4 Å². The average molecular weight is 370 g/mol. The maximum atomic E-state index is 12.3. The van der Waals surface area contributed by atoms with Gasteiger partial charge in [0.1, 0.15) is 0 Å². The largest absolute Gasteiger partial charge is 0.369 e. The topological polar surface area (TPSA) is 98.2 Å². The van der Waals surface area contributed by atoms with E-state index in [1.165, 1.54) is 11.8 Å². The predicted octanol–water partition coefficient (Wildman–Crippen LogP) is 3.01. The molecular formula is C18H22N6OS. The zero-order chi connectivity index (χ0) is 18.7. The maximum absolute atomic E-state index is 12.3. The van der Waals surface area contributed by atoms with E-state index in [4.69, 9.17) is 5.73 Å². The average Bonchev–Trinajstić information content (AvgIpc) is 2.96. The number of aromatic nitrogens is 4. The molecule has 3 N–H and O–H groups in total. The van der Waals surface area contributed by atoms with E-state index in [9.17, 15) is 4.79 Å². The van der Waals surface area contributed by atoms with Gasteiger partial charge < -0.3 is 11.1 Å². The fourth-order valence-corrected chi connectivity index (χ4v) is 3.57. The van der Waals surface area contributed by atoms with Gasteiger partial charge in [0.15, 0.2) is 10.8 Å². The third kappa shape index (κ3) is 4.13. The van der Waals surface area contributed by atoms with Gasteiger partial charge in [0.25, 0.3) is 0 Å². The molecule has 0 spiro atoms. The van der Waals surface area contributed by atoms with Crippen LogP contribution in [0.3, 0.4) is 0 Å². The van der Waals surface area contributed by atoms with Gasteiger partial charge in [-0.15, -0.1) is 10.2 Å². The van der Waals surface area contributed by atoms with Crippen LogP contribution in [0.5, 0.6) is 0 Å². The molecule has 0 unspecified atom stereocenters. The fourth-order valence-electron chi connectivity index (χ4n) is 2.82. The van der Waals surface area contributed by atoms with Crippen molar-refractivity contribution in [1.29, 1.82) is 0 Å².